The maximum absolute atomic E-state index is 12.4. The lowest BCUT2D eigenvalue weighted by molar-refractivity contribution is -0.119. The van der Waals surface area contributed by atoms with Crippen LogP contribution in [0.25, 0.3) is 0 Å². The van der Waals surface area contributed by atoms with E-state index in [-0.39, 0.29) is 17.7 Å². The van der Waals surface area contributed by atoms with Crippen molar-refractivity contribution in [2.24, 2.45) is 0 Å². The number of carbonyl (C=O) groups is 2. The molecule has 1 amide bonds. The molecule has 0 saturated heterocycles. The number of nitrogens with one attached hydrogen (secondary N) is 1. The Morgan fingerprint density at radius 3 is 2.38 bits per heavy atom. The van der Waals surface area contributed by atoms with Crippen LogP contribution in [0, 0.1) is 13.8 Å². The van der Waals surface area contributed by atoms with Gasteiger partial charge in [0.1, 0.15) is 0 Å². The van der Waals surface area contributed by atoms with Gasteiger partial charge in [-0.05, 0) is 38.0 Å². The summed E-state index contributed by atoms with van der Waals surface area (Å²) in [5, 5.41) is 2.84. The average Bonchev–Trinajstić information content (AvgIpc) is 2.55. The summed E-state index contributed by atoms with van der Waals surface area (Å²) in [5.41, 5.74) is 4.08. The minimum atomic E-state index is -0.0624. The Bertz CT molecular complexity index is 738. The molecule has 0 aliphatic rings. The van der Waals surface area contributed by atoms with Gasteiger partial charge in [-0.15, -0.1) is 11.8 Å². The Balaban J connectivity index is 2.00. The molecule has 0 saturated carbocycles. The first-order chi connectivity index (χ1) is 11.4. The van der Waals surface area contributed by atoms with Gasteiger partial charge in [-0.25, -0.2) is 0 Å². The standard InChI is InChI=1S/C20H23NO2S/c1-13-5-6-14(2)20(11-13)24-12-19(23)18-9-7-17(8-10-18)15(3)21-16(4)22/h5-11,15H,12H2,1-4H3,(H,21,22). The molecule has 0 fully saturated rings. The molecule has 0 bridgehead atoms. The van der Waals surface area contributed by atoms with E-state index in [1.54, 1.807) is 11.8 Å². The van der Waals surface area contributed by atoms with E-state index in [1.165, 1.54) is 18.1 Å². The third kappa shape index (κ3) is 4.96. The Kier molecular flexibility index (Phi) is 6.21. The first-order valence-corrected chi connectivity index (χ1v) is 8.95. The van der Waals surface area contributed by atoms with Gasteiger partial charge in [0.15, 0.2) is 5.78 Å². The van der Waals surface area contributed by atoms with Gasteiger partial charge in [0.2, 0.25) is 5.91 Å². The normalized spacial score (nSPS) is 11.8. The highest BCUT2D eigenvalue weighted by Crippen LogP contribution is 2.24. The van der Waals surface area contributed by atoms with Crippen molar-refractivity contribution in [3.63, 3.8) is 0 Å². The lowest BCUT2D eigenvalue weighted by Gasteiger charge is -2.13. The van der Waals surface area contributed by atoms with Gasteiger partial charge in [0.05, 0.1) is 11.8 Å². The predicted octanol–water partition coefficient (Wildman–Crippen LogP) is 4.48. The van der Waals surface area contributed by atoms with Crippen LogP contribution in [0.5, 0.6) is 0 Å². The molecule has 24 heavy (non-hydrogen) atoms. The largest absolute Gasteiger partial charge is 0.350 e. The zero-order chi connectivity index (χ0) is 17.7. The second-order valence-electron chi connectivity index (χ2n) is 6.03. The smallest absolute Gasteiger partial charge is 0.217 e. The number of benzene rings is 2. The van der Waals surface area contributed by atoms with E-state index < -0.39 is 0 Å². The number of hydrogen-bond acceptors (Lipinski definition) is 3. The zero-order valence-corrected chi connectivity index (χ0v) is 15.4. The summed E-state index contributed by atoms with van der Waals surface area (Å²) < 4.78 is 0. The van der Waals surface area contributed by atoms with Crippen LogP contribution in [-0.4, -0.2) is 17.4 Å². The fraction of sp³-hybridized carbons (Fsp3) is 0.300. The monoisotopic (exact) mass is 341 g/mol. The van der Waals surface area contributed by atoms with Crippen molar-refractivity contribution in [3.8, 4) is 0 Å². The van der Waals surface area contributed by atoms with E-state index in [1.807, 2.05) is 31.2 Å². The second-order valence-corrected chi connectivity index (χ2v) is 7.04. The summed E-state index contributed by atoms with van der Waals surface area (Å²) in [6.45, 7) is 7.54. The van der Waals surface area contributed by atoms with Crippen molar-refractivity contribution in [1.82, 2.24) is 5.32 Å². The summed E-state index contributed by atoms with van der Waals surface area (Å²) in [4.78, 5) is 24.6. The number of amides is 1. The van der Waals surface area contributed by atoms with Crippen LogP contribution < -0.4 is 5.32 Å². The molecule has 4 heteroatoms. The van der Waals surface area contributed by atoms with E-state index in [2.05, 4.69) is 37.4 Å². The highest BCUT2D eigenvalue weighted by Gasteiger charge is 2.10. The number of hydrogen-bond donors (Lipinski definition) is 1. The summed E-state index contributed by atoms with van der Waals surface area (Å²) in [6, 6.07) is 13.7. The van der Waals surface area contributed by atoms with Crippen molar-refractivity contribution >= 4 is 23.5 Å². The summed E-state index contributed by atoms with van der Waals surface area (Å²) in [5.74, 6) is 0.470. The van der Waals surface area contributed by atoms with Crippen molar-refractivity contribution in [1.29, 1.82) is 0 Å². The number of rotatable bonds is 6. The number of Topliss-reactive ketones (excluding diaryl/α,β-unsaturated/α-hetero) is 1. The number of aryl methyl sites for hydroxylation is 2. The lowest BCUT2D eigenvalue weighted by atomic mass is 10.0. The fourth-order valence-corrected chi connectivity index (χ4v) is 3.45. The molecule has 2 aromatic rings. The molecule has 2 aromatic carbocycles. The van der Waals surface area contributed by atoms with Crippen LogP contribution in [0.4, 0.5) is 0 Å². The highest BCUT2D eigenvalue weighted by molar-refractivity contribution is 8.00. The van der Waals surface area contributed by atoms with Crippen molar-refractivity contribution in [2.45, 2.75) is 38.6 Å². The minimum Gasteiger partial charge on any atom is -0.350 e. The van der Waals surface area contributed by atoms with Gasteiger partial charge < -0.3 is 5.32 Å². The van der Waals surface area contributed by atoms with Gasteiger partial charge in [-0.3, -0.25) is 9.59 Å². The Labute approximate surface area is 147 Å². The van der Waals surface area contributed by atoms with Crippen molar-refractivity contribution < 1.29 is 9.59 Å². The zero-order valence-electron chi connectivity index (χ0n) is 14.6. The van der Waals surface area contributed by atoms with Gasteiger partial charge in [0.25, 0.3) is 0 Å². The topological polar surface area (TPSA) is 46.2 Å². The third-order valence-corrected chi connectivity index (χ3v) is 5.01. The molecule has 0 heterocycles. The van der Waals surface area contributed by atoms with E-state index in [9.17, 15) is 9.59 Å². The average molecular weight is 341 g/mol. The summed E-state index contributed by atoms with van der Waals surface area (Å²) >= 11 is 1.58. The van der Waals surface area contributed by atoms with Crippen LogP contribution in [0.3, 0.4) is 0 Å². The van der Waals surface area contributed by atoms with E-state index >= 15 is 0 Å². The Morgan fingerprint density at radius 1 is 1.08 bits per heavy atom. The van der Waals surface area contributed by atoms with Crippen molar-refractivity contribution in [2.75, 3.05) is 5.75 Å². The van der Waals surface area contributed by atoms with E-state index in [0.717, 1.165) is 10.5 Å². The molecule has 1 unspecified atom stereocenters. The molecular formula is C20H23NO2S. The van der Waals surface area contributed by atoms with Gasteiger partial charge in [0, 0.05) is 17.4 Å². The first kappa shape index (κ1) is 18.3. The van der Waals surface area contributed by atoms with E-state index in [4.69, 9.17) is 0 Å². The molecule has 0 aliphatic heterocycles. The number of ketones is 1. The molecule has 0 spiro atoms. The quantitative estimate of drug-likeness (QED) is 0.622. The third-order valence-electron chi connectivity index (χ3n) is 3.85. The molecule has 1 N–H and O–H groups in total. The SMILES string of the molecule is CC(=O)NC(C)c1ccc(C(=O)CSc2cc(C)ccc2C)cc1. The predicted molar refractivity (Wildman–Crippen MR) is 99.6 cm³/mol. The molecule has 2 rings (SSSR count). The van der Waals surface area contributed by atoms with Crippen LogP contribution in [0.2, 0.25) is 0 Å². The van der Waals surface area contributed by atoms with Crippen LogP contribution >= 0.6 is 11.8 Å². The summed E-state index contributed by atoms with van der Waals surface area (Å²) in [6.07, 6.45) is 0. The van der Waals surface area contributed by atoms with Crippen LogP contribution in [-0.2, 0) is 4.79 Å². The number of carbonyl (C=O) groups excluding carboxylic acids is 2. The fourth-order valence-electron chi connectivity index (χ4n) is 2.44. The number of thioether (sulfide) groups is 1. The lowest BCUT2D eigenvalue weighted by Crippen LogP contribution is -2.23. The Morgan fingerprint density at radius 2 is 1.75 bits per heavy atom. The van der Waals surface area contributed by atoms with E-state index in [0.29, 0.717) is 11.3 Å². The van der Waals surface area contributed by atoms with Crippen molar-refractivity contribution in [3.05, 3.63) is 64.7 Å². The maximum Gasteiger partial charge on any atom is 0.217 e. The molecule has 3 nitrogen and oxygen atoms in total. The van der Waals surface area contributed by atoms with Gasteiger partial charge in [-0.1, -0.05) is 42.0 Å². The van der Waals surface area contributed by atoms with Crippen LogP contribution in [0.1, 0.15) is 46.9 Å². The first-order valence-electron chi connectivity index (χ1n) is 7.97. The van der Waals surface area contributed by atoms with Crippen LogP contribution in [0.15, 0.2) is 47.4 Å². The molecule has 126 valence electrons. The minimum absolute atomic E-state index is 0.0593. The molecule has 0 radical (unpaired) electrons. The molecule has 0 aromatic heterocycles. The van der Waals surface area contributed by atoms with Gasteiger partial charge >= 0.3 is 0 Å². The molecule has 1 atom stereocenters. The highest BCUT2D eigenvalue weighted by atomic mass is 32.2. The molecular weight excluding hydrogens is 318 g/mol. The molecule has 0 aliphatic carbocycles. The summed E-state index contributed by atoms with van der Waals surface area (Å²) in [7, 11) is 0. The van der Waals surface area contributed by atoms with Gasteiger partial charge in [-0.2, -0.15) is 0 Å². The maximum atomic E-state index is 12.4. The second kappa shape index (κ2) is 8.15. The Hall–Kier alpha value is -2.07.